The number of carbonyl (C=O) groups is 2. The van der Waals surface area contributed by atoms with Gasteiger partial charge in [0.1, 0.15) is 0 Å². The first-order valence-electron chi connectivity index (χ1n) is 7.79. The van der Waals surface area contributed by atoms with Gasteiger partial charge in [-0.05, 0) is 51.3 Å². The Bertz CT molecular complexity index is 584. The summed E-state index contributed by atoms with van der Waals surface area (Å²) in [4.78, 5) is 23.3. The van der Waals surface area contributed by atoms with Gasteiger partial charge in [-0.3, -0.25) is 9.59 Å². The van der Waals surface area contributed by atoms with Crippen LogP contribution in [0.1, 0.15) is 43.5 Å². The Morgan fingerprint density at radius 2 is 2.00 bits per heavy atom. The molecule has 0 heterocycles. The molecule has 1 fully saturated rings. The summed E-state index contributed by atoms with van der Waals surface area (Å²) < 4.78 is 10.9. The quantitative estimate of drug-likeness (QED) is 0.841. The molecule has 0 saturated heterocycles. The van der Waals surface area contributed by atoms with Crippen molar-refractivity contribution in [2.24, 2.45) is 5.92 Å². The Hall–Kier alpha value is -2.24. The fourth-order valence-corrected chi connectivity index (χ4v) is 2.77. The summed E-state index contributed by atoms with van der Waals surface area (Å²) in [5.74, 6) is -0.294. The van der Waals surface area contributed by atoms with E-state index in [1.807, 2.05) is 13.8 Å². The van der Waals surface area contributed by atoms with Crippen LogP contribution in [0.2, 0.25) is 0 Å². The van der Waals surface area contributed by atoms with Gasteiger partial charge in [-0.15, -0.1) is 0 Å². The highest BCUT2D eigenvalue weighted by Gasteiger charge is 2.30. The van der Waals surface area contributed by atoms with E-state index in [1.165, 1.54) is 7.11 Å². The van der Waals surface area contributed by atoms with Gasteiger partial charge in [0.15, 0.2) is 11.5 Å². The fraction of sp³-hybridized carbons (Fsp3) is 0.529. The van der Waals surface area contributed by atoms with Crippen LogP contribution in [0.15, 0.2) is 18.2 Å². The molecular formula is C17H23NO5. The van der Waals surface area contributed by atoms with Crippen LogP contribution in [-0.2, 0) is 4.79 Å². The van der Waals surface area contributed by atoms with Crippen LogP contribution in [0.25, 0.3) is 0 Å². The van der Waals surface area contributed by atoms with Gasteiger partial charge in [0.2, 0.25) is 0 Å². The number of carboxylic acids is 1. The Morgan fingerprint density at radius 3 is 2.57 bits per heavy atom. The second-order valence-electron chi connectivity index (χ2n) is 6.05. The van der Waals surface area contributed by atoms with E-state index in [-0.39, 0.29) is 24.0 Å². The number of methoxy groups -OCH3 is 1. The zero-order valence-electron chi connectivity index (χ0n) is 13.7. The van der Waals surface area contributed by atoms with Crippen molar-refractivity contribution in [1.82, 2.24) is 5.32 Å². The van der Waals surface area contributed by atoms with Gasteiger partial charge in [0.05, 0.1) is 19.1 Å². The summed E-state index contributed by atoms with van der Waals surface area (Å²) in [6.45, 7) is 3.83. The van der Waals surface area contributed by atoms with Gasteiger partial charge in [0, 0.05) is 11.6 Å². The minimum Gasteiger partial charge on any atom is -0.493 e. The van der Waals surface area contributed by atoms with Crippen LogP contribution in [0.5, 0.6) is 11.5 Å². The molecule has 1 aliphatic rings. The molecule has 1 aromatic carbocycles. The van der Waals surface area contributed by atoms with Crippen molar-refractivity contribution in [1.29, 1.82) is 0 Å². The summed E-state index contributed by atoms with van der Waals surface area (Å²) in [7, 11) is 1.53. The van der Waals surface area contributed by atoms with E-state index < -0.39 is 5.97 Å². The van der Waals surface area contributed by atoms with Crippen molar-refractivity contribution >= 4 is 11.9 Å². The molecule has 1 aromatic rings. The highest BCUT2D eigenvalue weighted by Crippen LogP contribution is 2.30. The van der Waals surface area contributed by atoms with Crippen LogP contribution >= 0.6 is 0 Å². The first-order valence-corrected chi connectivity index (χ1v) is 7.79. The number of carboxylic acid groups (broad SMARTS) is 1. The molecule has 1 amide bonds. The van der Waals surface area contributed by atoms with Gasteiger partial charge in [-0.2, -0.15) is 0 Å². The largest absolute Gasteiger partial charge is 0.493 e. The predicted molar refractivity (Wildman–Crippen MR) is 85.0 cm³/mol. The summed E-state index contributed by atoms with van der Waals surface area (Å²) in [5, 5.41) is 11.9. The molecule has 23 heavy (non-hydrogen) atoms. The van der Waals surface area contributed by atoms with E-state index in [0.29, 0.717) is 36.3 Å². The van der Waals surface area contributed by atoms with Crippen LogP contribution in [0.3, 0.4) is 0 Å². The minimum absolute atomic E-state index is 0.00928. The molecule has 6 heteroatoms. The summed E-state index contributed by atoms with van der Waals surface area (Å²) in [6, 6.07) is 4.93. The molecule has 0 radical (unpaired) electrons. The second-order valence-corrected chi connectivity index (χ2v) is 6.05. The van der Waals surface area contributed by atoms with Gasteiger partial charge < -0.3 is 19.9 Å². The molecule has 6 nitrogen and oxygen atoms in total. The molecule has 1 aliphatic carbocycles. The Labute approximate surface area is 135 Å². The van der Waals surface area contributed by atoms with Crippen molar-refractivity contribution in [3.63, 3.8) is 0 Å². The number of amides is 1. The lowest BCUT2D eigenvalue weighted by Gasteiger charge is -2.16. The van der Waals surface area contributed by atoms with Crippen molar-refractivity contribution in [3.8, 4) is 11.5 Å². The molecular weight excluding hydrogens is 298 g/mol. The number of carbonyl (C=O) groups excluding carboxylic acids is 1. The number of hydrogen-bond acceptors (Lipinski definition) is 4. The van der Waals surface area contributed by atoms with E-state index in [1.54, 1.807) is 18.2 Å². The maximum absolute atomic E-state index is 12.3. The third kappa shape index (κ3) is 4.37. The van der Waals surface area contributed by atoms with Crippen LogP contribution in [0.4, 0.5) is 0 Å². The fourth-order valence-electron chi connectivity index (χ4n) is 2.77. The Morgan fingerprint density at radius 1 is 1.26 bits per heavy atom. The minimum atomic E-state index is -0.793. The third-order valence-electron chi connectivity index (χ3n) is 3.91. The molecule has 126 valence electrons. The first-order chi connectivity index (χ1) is 10.9. The average molecular weight is 321 g/mol. The standard InChI is InChI=1S/C17H23NO5/c1-10(2)23-14-7-5-11(9-15(14)22-3)16(19)18-13-6-4-12(8-13)17(20)21/h5,7,9-10,12-13H,4,6,8H2,1-3H3,(H,18,19)(H,20,21)/t12-,13+/m1/s1. The normalized spacial score (nSPS) is 20.3. The number of hydrogen-bond donors (Lipinski definition) is 2. The number of ether oxygens (including phenoxy) is 2. The summed E-state index contributed by atoms with van der Waals surface area (Å²) in [5.41, 5.74) is 0.469. The molecule has 2 atom stereocenters. The monoisotopic (exact) mass is 321 g/mol. The van der Waals surface area contributed by atoms with Crippen LogP contribution in [0, 0.1) is 5.92 Å². The van der Waals surface area contributed by atoms with E-state index in [2.05, 4.69) is 5.32 Å². The topological polar surface area (TPSA) is 84.9 Å². The molecule has 0 spiro atoms. The molecule has 2 N–H and O–H groups in total. The lowest BCUT2D eigenvalue weighted by Crippen LogP contribution is -2.33. The maximum atomic E-state index is 12.3. The Balaban J connectivity index is 2.04. The highest BCUT2D eigenvalue weighted by molar-refractivity contribution is 5.95. The molecule has 1 saturated carbocycles. The zero-order valence-corrected chi connectivity index (χ0v) is 13.7. The van der Waals surface area contributed by atoms with Gasteiger partial charge >= 0.3 is 5.97 Å². The smallest absolute Gasteiger partial charge is 0.306 e. The molecule has 0 bridgehead atoms. The predicted octanol–water partition coefficient (Wildman–Crippen LogP) is 2.47. The van der Waals surface area contributed by atoms with E-state index in [4.69, 9.17) is 14.6 Å². The van der Waals surface area contributed by atoms with Gasteiger partial charge in [0.25, 0.3) is 5.91 Å². The average Bonchev–Trinajstić information content (AvgIpc) is 2.95. The van der Waals surface area contributed by atoms with Gasteiger partial charge in [-0.1, -0.05) is 0 Å². The van der Waals surface area contributed by atoms with E-state index in [0.717, 1.165) is 0 Å². The third-order valence-corrected chi connectivity index (χ3v) is 3.91. The summed E-state index contributed by atoms with van der Waals surface area (Å²) >= 11 is 0. The second kappa shape index (κ2) is 7.35. The number of nitrogens with one attached hydrogen (secondary N) is 1. The molecule has 0 unspecified atom stereocenters. The van der Waals surface area contributed by atoms with E-state index in [9.17, 15) is 9.59 Å². The van der Waals surface area contributed by atoms with Crippen molar-refractivity contribution in [2.45, 2.75) is 45.3 Å². The molecule has 0 aromatic heterocycles. The highest BCUT2D eigenvalue weighted by atomic mass is 16.5. The molecule has 2 rings (SSSR count). The van der Waals surface area contributed by atoms with Crippen LogP contribution in [-0.4, -0.2) is 36.2 Å². The van der Waals surface area contributed by atoms with Gasteiger partial charge in [-0.25, -0.2) is 0 Å². The van der Waals surface area contributed by atoms with Crippen molar-refractivity contribution < 1.29 is 24.2 Å². The maximum Gasteiger partial charge on any atom is 0.306 e. The van der Waals surface area contributed by atoms with Crippen LogP contribution < -0.4 is 14.8 Å². The first kappa shape index (κ1) is 17.1. The van der Waals surface area contributed by atoms with Crippen molar-refractivity contribution in [2.75, 3.05) is 7.11 Å². The lowest BCUT2D eigenvalue weighted by molar-refractivity contribution is -0.141. The Kier molecular flexibility index (Phi) is 5.47. The summed E-state index contributed by atoms with van der Waals surface area (Å²) in [6.07, 6.45) is 1.78. The number of rotatable bonds is 6. The van der Waals surface area contributed by atoms with Crippen molar-refractivity contribution in [3.05, 3.63) is 23.8 Å². The number of benzene rings is 1. The zero-order chi connectivity index (χ0) is 17.0. The molecule has 0 aliphatic heterocycles. The SMILES string of the molecule is COc1cc(C(=O)N[C@H]2CC[C@@H](C(=O)O)C2)ccc1OC(C)C. The number of aliphatic carboxylic acids is 1. The van der Waals surface area contributed by atoms with E-state index >= 15 is 0 Å². The lowest BCUT2D eigenvalue weighted by atomic mass is 10.1.